The Balaban J connectivity index is 2.87. The summed E-state index contributed by atoms with van der Waals surface area (Å²) in [6.45, 7) is 4.50. The van der Waals surface area contributed by atoms with Crippen molar-refractivity contribution in [3.8, 4) is 0 Å². The van der Waals surface area contributed by atoms with E-state index in [1.807, 2.05) is 19.1 Å². The van der Waals surface area contributed by atoms with Crippen LogP contribution in [0.1, 0.15) is 36.9 Å². The third kappa shape index (κ3) is 3.29. The van der Waals surface area contributed by atoms with Gasteiger partial charge in [-0.2, -0.15) is 0 Å². The van der Waals surface area contributed by atoms with Crippen molar-refractivity contribution in [3.05, 3.63) is 29.1 Å². The van der Waals surface area contributed by atoms with Crippen LogP contribution in [0.3, 0.4) is 0 Å². The molecule has 0 unspecified atom stereocenters. The third-order valence-corrected chi connectivity index (χ3v) is 2.41. The smallest absolute Gasteiger partial charge is 0.0779 e. The van der Waals surface area contributed by atoms with Crippen LogP contribution in [0.15, 0.2) is 12.1 Å². The molecule has 0 aliphatic carbocycles. The molecule has 0 amide bonds. The molecule has 0 radical (unpaired) electrons. The Morgan fingerprint density at radius 2 is 2.20 bits per heavy atom. The fourth-order valence-corrected chi connectivity index (χ4v) is 1.57. The molecule has 0 saturated carbocycles. The summed E-state index contributed by atoms with van der Waals surface area (Å²) >= 11 is 0. The van der Waals surface area contributed by atoms with Gasteiger partial charge in [0.05, 0.1) is 12.7 Å². The molecule has 0 aliphatic heterocycles. The molecule has 1 N–H and O–H groups in total. The van der Waals surface area contributed by atoms with Gasteiger partial charge in [0.15, 0.2) is 0 Å². The average Bonchev–Trinajstić information content (AvgIpc) is 2.25. The first-order chi connectivity index (χ1) is 7.19. The lowest BCUT2D eigenvalue weighted by molar-refractivity contribution is 0.196. The van der Waals surface area contributed by atoms with Crippen LogP contribution in [0.4, 0.5) is 0 Å². The van der Waals surface area contributed by atoms with Crippen molar-refractivity contribution in [1.29, 1.82) is 0 Å². The second kappa shape index (κ2) is 5.83. The first kappa shape index (κ1) is 12.1. The number of hydrogen-bond acceptors (Lipinski definition) is 3. The summed E-state index contributed by atoms with van der Waals surface area (Å²) < 4.78 is 5.01. The molecule has 3 heteroatoms. The van der Waals surface area contributed by atoms with Gasteiger partial charge in [0, 0.05) is 30.5 Å². The number of rotatable bonds is 5. The fraction of sp³-hybridized carbons (Fsp3) is 0.583. The second-order valence-corrected chi connectivity index (χ2v) is 3.61. The van der Waals surface area contributed by atoms with Crippen LogP contribution in [-0.2, 0) is 17.6 Å². The zero-order valence-corrected chi connectivity index (χ0v) is 9.66. The van der Waals surface area contributed by atoms with E-state index in [9.17, 15) is 5.11 Å². The molecule has 84 valence electrons. The number of pyridine rings is 1. The van der Waals surface area contributed by atoms with Gasteiger partial charge in [-0.1, -0.05) is 13.0 Å². The maximum atomic E-state index is 9.54. The molecule has 0 aromatic carbocycles. The van der Waals surface area contributed by atoms with Crippen molar-refractivity contribution < 1.29 is 9.84 Å². The SMILES string of the molecule is CCc1nc(CCOC)ccc1[C@@H](C)O. The lowest BCUT2D eigenvalue weighted by Gasteiger charge is -2.11. The molecule has 0 bridgehead atoms. The lowest BCUT2D eigenvalue weighted by Crippen LogP contribution is -2.05. The van der Waals surface area contributed by atoms with E-state index in [1.165, 1.54) is 0 Å². The molecule has 0 aliphatic rings. The highest BCUT2D eigenvalue weighted by molar-refractivity contribution is 5.25. The molecule has 15 heavy (non-hydrogen) atoms. The third-order valence-electron chi connectivity index (χ3n) is 2.41. The first-order valence-electron chi connectivity index (χ1n) is 5.34. The van der Waals surface area contributed by atoms with Crippen molar-refractivity contribution in [3.63, 3.8) is 0 Å². The molecule has 1 aromatic heterocycles. The van der Waals surface area contributed by atoms with E-state index in [0.29, 0.717) is 6.61 Å². The number of aliphatic hydroxyl groups is 1. The largest absolute Gasteiger partial charge is 0.389 e. The van der Waals surface area contributed by atoms with Crippen molar-refractivity contribution in [2.45, 2.75) is 32.8 Å². The summed E-state index contributed by atoms with van der Waals surface area (Å²) in [4.78, 5) is 4.51. The average molecular weight is 209 g/mol. The van der Waals surface area contributed by atoms with Crippen molar-refractivity contribution >= 4 is 0 Å². The van der Waals surface area contributed by atoms with Gasteiger partial charge in [-0.15, -0.1) is 0 Å². The molecule has 1 heterocycles. The minimum Gasteiger partial charge on any atom is -0.389 e. The maximum absolute atomic E-state index is 9.54. The molecule has 1 aromatic rings. The molecule has 1 atom stereocenters. The van der Waals surface area contributed by atoms with E-state index in [1.54, 1.807) is 14.0 Å². The Bertz CT molecular complexity index is 310. The summed E-state index contributed by atoms with van der Waals surface area (Å²) in [5.74, 6) is 0. The monoisotopic (exact) mass is 209 g/mol. The molecular weight excluding hydrogens is 190 g/mol. The normalized spacial score (nSPS) is 12.8. The number of aryl methyl sites for hydroxylation is 1. The van der Waals surface area contributed by atoms with E-state index >= 15 is 0 Å². The fourth-order valence-electron chi connectivity index (χ4n) is 1.57. The number of ether oxygens (including phenoxy) is 1. The van der Waals surface area contributed by atoms with Crippen LogP contribution < -0.4 is 0 Å². The minimum atomic E-state index is -0.441. The quantitative estimate of drug-likeness (QED) is 0.805. The molecule has 0 saturated heterocycles. The Labute approximate surface area is 91.1 Å². The van der Waals surface area contributed by atoms with Crippen molar-refractivity contribution in [1.82, 2.24) is 4.98 Å². The van der Waals surface area contributed by atoms with Crippen molar-refractivity contribution in [2.24, 2.45) is 0 Å². The van der Waals surface area contributed by atoms with Crippen LogP contribution >= 0.6 is 0 Å². The summed E-state index contributed by atoms with van der Waals surface area (Å²) in [6, 6.07) is 3.92. The number of methoxy groups -OCH3 is 1. The highest BCUT2D eigenvalue weighted by Gasteiger charge is 2.08. The summed E-state index contributed by atoms with van der Waals surface area (Å²) in [5.41, 5.74) is 2.94. The predicted octanol–water partition coefficient (Wildman–Crippen LogP) is 1.89. The predicted molar refractivity (Wildman–Crippen MR) is 59.8 cm³/mol. The zero-order chi connectivity index (χ0) is 11.3. The van der Waals surface area contributed by atoms with Gasteiger partial charge >= 0.3 is 0 Å². The van der Waals surface area contributed by atoms with E-state index < -0.39 is 6.10 Å². The van der Waals surface area contributed by atoms with E-state index in [0.717, 1.165) is 29.8 Å². The second-order valence-electron chi connectivity index (χ2n) is 3.61. The maximum Gasteiger partial charge on any atom is 0.0779 e. The van der Waals surface area contributed by atoms with Gasteiger partial charge in [0.25, 0.3) is 0 Å². The van der Waals surface area contributed by atoms with Gasteiger partial charge in [-0.05, 0) is 19.4 Å². The summed E-state index contributed by atoms with van der Waals surface area (Å²) in [5, 5.41) is 9.54. The number of aliphatic hydroxyl groups excluding tert-OH is 1. The molecule has 0 fully saturated rings. The summed E-state index contributed by atoms with van der Waals surface area (Å²) in [6.07, 6.45) is 1.23. The first-order valence-corrected chi connectivity index (χ1v) is 5.34. The summed E-state index contributed by atoms with van der Waals surface area (Å²) in [7, 11) is 1.69. The number of nitrogens with zero attached hydrogens (tertiary/aromatic N) is 1. The lowest BCUT2D eigenvalue weighted by atomic mass is 10.1. The minimum absolute atomic E-state index is 0.441. The Hall–Kier alpha value is -0.930. The van der Waals surface area contributed by atoms with Crippen LogP contribution in [0.5, 0.6) is 0 Å². The van der Waals surface area contributed by atoms with Crippen LogP contribution in [0, 0.1) is 0 Å². The molecule has 1 rings (SSSR count). The van der Waals surface area contributed by atoms with Crippen LogP contribution in [0.2, 0.25) is 0 Å². The van der Waals surface area contributed by atoms with Gasteiger partial charge < -0.3 is 9.84 Å². The van der Waals surface area contributed by atoms with E-state index in [-0.39, 0.29) is 0 Å². The Morgan fingerprint density at radius 3 is 2.73 bits per heavy atom. The Kier molecular flexibility index (Phi) is 4.72. The molecule has 0 spiro atoms. The topological polar surface area (TPSA) is 42.4 Å². The Morgan fingerprint density at radius 1 is 1.47 bits per heavy atom. The van der Waals surface area contributed by atoms with Gasteiger partial charge in [0.2, 0.25) is 0 Å². The number of hydrogen-bond donors (Lipinski definition) is 1. The standard InChI is InChI=1S/C12H19NO2/c1-4-12-11(9(2)14)6-5-10(13-12)7-8-15-3/h5-6,9,14H,4,7-8H2,1-3H3/t9-/m1/s1. The van der Waals surface area contributed by atoms with E-state index in [2.05, 4.69) is 4.98 Å². The van der Waals surface area contributed by atoms with Crippen LogP contribution in [-0.4, -0.2) is 23.8 Å². The van der Waals surface area contributed by atoms with Gasteiger partial charge in [-0.3, -0.25) is 4.98 Å². The highest BCUT2D eigenvalue weighted by Crippen LogP contribution is 2.17. The van der Waals surface area contributed by atoms with Crippen molar-refractivity contribution in [2.75, 3.05) is 13.7 Å². The van der Waals surface area contributed by atoms with Gasteiger partial charge in [0.1, 0.15) is 0 Å². The van der Waals surface area contributed by atoms with Crippen LogP contribution in [0.25, 0.3) is 0 Å². The molecule has 3 nitrogen and oxygen atoms in total. The number of aromatic nitrogens is 1. The van der Waals surface area contributed by atoms with Gasteiger partial charge in [-0.25, -0.2) is 0 Å². The highest BCUT2D eigenvalue weighted by atomic mass is 16.5. The molecular formula is C12H19NO2. The zero-order valence-electron chi connectivity index (χ0n) is 9.66. The van der Waals surface area contributed by atoms with E-state index in [4.69, 9.17) is 4.74 Å².